The van der Waals surface area contributed by atoms with Crippen LogP contribution in [0.15, 0.2) is 84.9 Å². The summed E-state index contributed by atoms with van der Waals surface area (Å²) in [5, 5.41) is 2.92. The maximum atomic E-state index is 17.3. The Morgan fingerprint density at radius 3 is 2.37 bits per heavy atom. The number of halogens is 2. The van der Waals surface area contributed by atoms with Gasteiger partial charge in [-0.1, -0.05) is 90.5 Å². The van der Waals surface area contributed by atoms with Gasteiger partial charge in [-0.3, -0.25) is 9.80 Å². The van der Waals surface area contributed by atoms with E-state index in [2.05, 4.69) is 83.2 Å². The molecule has 0 spiro atoms. The molecule has 1 aliphatic carbocycles. The van der Waals surface area contributed by atoms with Gasteiger partial charge in [0.15, 0.2) is 5.82 Å². The average Bonchev–Trinajstić information content (AvgIpc) is 3.86. The molecular formula is C43H45ClFN5O2. The smallest absolute Gasteiger partial charge is 0.319 e. The lowest BCUT2D eigenvalue weighted by Crippen LogP contribution is -2.60. The van der Waals surface area contributed by atoms with Crippen molar-refractivity contribution in [2.75, 3.05) is 57.4 Å². The first kappa shape index (κ1) is 33.7. The molecule has 9 rings (SSSR count). The van der Waals surface area contributed by atoms with Gasteiger partial charge in [0.2, 0.25) is 0 Å². The van der Waals surface area contributed by atoms with Crippen LogP contribution in [0.25, 0.3) is 32.8 Å². The lowest BCUT2D eigenvalue weighted by Gasteiger charge is -2.50. The van der Waals surface area contributed by atoms with E-state index >= 15 is 4.39 Å². The number of hydrogen-bond donors (Lipinski definition) is 0. The summed E-state index contributed by atoms with van der Waals surface area (Å²) < 4.78 is 29.4. The number of aromatic nitrogens is 2. The first-order valence-corrected chi connectivity index (χ1v) is 19.0. The highest BCUT2D eigenvalue weighted by atomic mass is 35.5. The number of morpholine rings is 1. The number of rotatable bonds is 9. The molecule has 2 saturated heterocycles. The number of ether oxygens (including phenoxy) is 2. The van der Waals surface area contributed by atoms with Crippen LogP contribution in [0.5, 0.6) is 6.01 Å². The summed E-state index contributed by atoms with van der Waals surface area (Å²) in [6.45, 7) is 12.9. The van der Waals surface area contributed by atoms with Crippen LogP contribution >= 0.6 is 11.6 Å². The van der Waals surface area contributed by atoms with Gasteiger partial charge in [0.05, 0.1) is 24.8 Å². The van der Waals surface area contributed by atoms with Gasteiger partial charge in [-0.05, 0) is 67.1 Å². The molecule has 5 aromatic rings. The molecule has 2 atom stereocenters. The SMILES string of the molecule is Cc1cc(-c2c(Cl)cc3c(N4CC5C=CC(C4)N5C(C)(C)c4ccccc4)nc(OCC4(CN5CCOCC5)CC4)nc3c2F)c2ccccc2c1. The molecule has 3 aliphatic heterocycles. The number of fused-ring (bicyclic) bond motifs is 4. The third-order valence-electron chi connectivity index (χ3n) is 11.8. The molecule has 268 valence electrons. The number of piperazine rings is 1. The predicted octanol–water partition coefficient (Wildman–Crippen LogP) is 8.41. The fraction of sp³-hybridized carbons (Fsp3) is 0.395. The van der Waals surface area contributed by atoms with Gasteiger partial charge in [-0.15, -0.1) is 0 Å². The van der Waals surface area contributed by atoms with Crippen LogP contribution < -0.4 is 9.64 Å². The third kappa shape index (κ3) is 6.03. The molecule has 2 bridgehead atoms. The molecule has 4 heterocycles. The zero-order chi connectivity index (χ0) is 35.6. The Labute approximate surface area is 310 Å². The van der Waals surface area contributed by atoms with Gasteiger partial charge in [0, 0.05) is 66.7 Å². The second-order valence-electron chi connectivity index (χ2n) is 15.7. The first-order chi connectivity index (χ1) is 25.2. The molecule has 0 N–H and O–H groups in total. The van der Waals surface area contributed by atoms with Crippen LogP contribution in [0.1, 0.15) is 37.8 Å². The van der Waals surface area contributed by atoms with Crippen molar-refractivity contribution in [3.05, 3.63) is 107 Å². The Bertz CT molecular complexity index is 2170. The molecule has 52 heavy (non-hydrogen) atoms. The molecule has 1 saturated carbocycles. The Balaban J connectivity index is 1.11. The Kier molecular flexibility index (Phi) is 8.50. The van der Waals surface area contributed by atoms with Crippen molar-refractivity contribution in [3.8, 4) is 17.1 Å². The van der Waals surface area contributed by atoms with Crippen molar-refractivity contribution >= 4 is 39.1 Å². The van der Waals surface area contributed by atoms with Crippen LogP contribution in [-0.4, -0.2) is 84.4 Å². The normalized spacial score (nSPS) is 21.7. The highest BCUT2D eigenvalue weighted by Crippen LogP contribution is 2.48. The Morgan fingerprint density at radius 1 is 0.923 bits per heavy atom. The van der Waals surface area contributed by atoms with E-state index in [0.717, 1.165) is 67.6 Å². The second kappa shape index (κ2) is 13.1. The number of nitrogens with zero attached hydrogens (tertiary/aromatic N) is 5. The van der Waals surface area contributed by atoms with Crippen LogP contribution in [0.2, 0.25) is 5.02 Å². The van der Waals surface area contributed by atoms with E-state index in [4.69, 9.17) is 31.0 Å². The van der Waals surface area contributed by atoms with Gasteiger partial charge >= 0.3 is 6.01 Å². The lowest BCUT2D eigenvalue weighted by atomic mass is 9.89. The van der Waals surface area contributed by atoms with Crippen molar-refractivity contribution in [1.29, 1.82) is 0 Å². The van der Waals surface area contributed by atoms with Crippen molar-refractivity contribution in [2.24, 2.45) is 5.41 Å². The maximum absolute atomic E-state index is 17.3. The minimum Gasteiger partial charge on any atom is -0.463 e. The van der Waals surface area contributed by atoms with Crippen LogP contribution in [0, 0.1) is 18.2 Å². The standard InChI is InChI=1S/C43H45ClFN5O2/c1-28-21-29-9-7-8-12-33(29)34(22-28)37-36(44)23-35-39(38(37)45)46-41(52-27-43(15-16-43)26-48-17-19-51-20-18-48)47-40(35)49-24-31-13-14-32(25-49)50(31)42(2,3)30-10-5-4-6-11-30/h4-14,21-23,31-32H,15-20,24-27H2,1-3H3. The van der Waals surface area contributed by atoms with Crippen molar-refractivity contribution in [1.82, 2.24) is 19.8 Å². The Hall–Kier alpha value is -4.08. The summed E-state index contributed by atoms with van der Waals surface area (Å²) >= 11 is 7.11. The van der Waals surface area contributed by atoms with Crippen LogP contribution in [0.4, 0.5) is 10.2 Å². The number of hydrogen-bond acceptors (Lipinski definition) is 7. The van der Waals surface area contributed by atoms with Crippen molar-refractivity contribution in [3.63, 3.8) is 0 Å². The van der Waals surface area contributed by atoms with E-state index < -0.39 is 5.82 Å². The lowest BCUT2D eigenvalue weighted by molar-refractivity contribution is 0.0231. The molecule has 7 nitrogen and oxygen atoms in total. The van der Waals surface area contributed by atoms with Gasteiger partial charge < -0.3 is 14.4 Å². The van der Waals surface area contributed by atoms with Crippen molar-refractivity contribution in [2.45, 2.75) is 51.2 Å². The minimum absolute atomic E-state index is 0.0533. The van der Waals surface area contributed by atoms with E-state index in [1.807, 2.05) is 37.3 Å². The van der Waals surface area contributed by atoms with E-state index in [-0.39, 0.29) is 34.6 Å². The van der Waals surface area contributed by atoms with E-state index in [0.29, 0.717) is 41.5 Å². The topological polar surface area (TPSA) is 54.0 Å². The van der Waals surface area contributed by atoms with Crippen LogP contribution in [-0.2, 0) is 10.3 Å². The third-order valence-corrected chi connectivity index (χ3v) is 12.1. The summed E-state index contributed by atoms with van der Waals surface area (Å²) in [7, 11) is 0. The highest BCUT2D eigenvalue weighted by Gasteiger charge is 2.46. The fourth-order valence-electron chi connectivity index (χ4n) is 8.86. The number of benzene rings is 4. The molecule has 3 fully saturated rings. The van der Waals surface area contributed by atoms with Crippen molar-refractivity contribution < 1.29 is 13.9 Å². The molecule has 4 aliphatic rings. The zero-order valence-corrected chi connectivity index (χ0v) is 30.9. The Morgan fingerprint density at radius 2 is 1.63 bits per heavy atom. The molecular weight excluding hydrogens is 673 g/mol. The summed E-state index contributed by atoms with van der Waals surface area (Å²) in [5.41, 5.74) is 3.52. The summed E-state index contributed by atoms with van der Waals surface area (Å²) in [5.74, 6) is 0.210. The molecule has 9 heteroatoms. The first-order valence-electron chi connectivity index (χ1n) is 18.6. The van der Waals surface area contributed by atoms with E-state index in [1.54, 1.807) is 0 Å². The summed E-state index contributed by atoms with van der Waals surface area (Å²) in [6, 6.07) is 25.2. The quantitative estimate of drug-likeness (QED) is 0.142. The highest BCUT2D eigenvalue weighted by molar-refractivity contribution is 6.35. The maximum Gasteiger partial charge on any atom is 0.319 e. The number of aryl methyl sites for hydroxylation is 1. The predicted molar refractivity (Wildman–Crippen MR) is 207 cm³/mol. The molecule has 4 aromatic carbocycles. The number of anilines is 1. The van der Waals surface area contributed by atoms with Gasteiger partial charge in [0.25, 0.3) is 0 Å². The molecule has 0 radical (unpaired) electrons. The molecule has 2 unspecified atom stereocenters. The minimum atomic E-state index is -0.453. The largest absolute Gasteiger partial charge is 0.463 e. The average molecular weight is 718 g/mol. The fourth-order valence-corrected chi connectivity index (χ4v) is 9.16. The summed E-state index contributed by atoms with van der Waals surface area (Å²) in [4.78, 5) is 17.2. The van der Waals surface area contributed by atoms with Gasteiger partial charge in [0.1, 0.15) is 11.3 Å². The van der Waals surface area contributed by atoms with E-state index in [9.17, 15) is 0 Å². The molecule has 0 amide bonds. The summed E-state index contributed by atoms with van der Waals surface area (Å²) in [6.07, 6.45) is 6.81. The van der Waals surface area contributed by atoms with Crippen LogP contribution in [0.3, 0.4) is 0 Å². The zero-order valence-electron chi connectivity index (χ0n) is 30.1. The van der Waals surface area contributed by atoms with Gasteiger partial charge in [-0.2, -0.15) is 9.97 Å². The molecule has 1 aromatic heterocycles. The monoisotopic (exact) mass is 717 g/mol. The van der Waals surface area contributed by atoms with E-state index in [1.165, 1.54) is 5.56 Å². The van der Waals surface area contributed by atoms with Gasteiger partial charge in [-0.25, -0.2) is 4.39 Å². The second-order valence-corrected chi connectivity index (χ2v) is 16.1.